The molecule has 2 aliphatic heterocycles. The number of hydrogen-bond acceptors (Lipinski definition) is 5. The minimum atomic E-state index is -0.823. The number of aryl methyl sites for hydroxylation is 1. The van der Waals surface area contributed by atoms with Crippen LogP contribution < -0.4 is 10.6 Å². The van der Waals surface area contributed by atoms with Crippen molar-refractivity contribution in [3.8, 4) is 0 Å². The summed E-state index contributed by atoms with van der Waals surface area (Å²) in [4.78, 5) is 42.6. The van der Waals surface area contributed by atoms with Crippen LogP contribution in [0.2, 0.25) is 0 Å². The van der Waals surface area contributed by atoms with Crippen LogP contribution in [0.4, 0.5) is 15.3 Å². The lowest BCUT2D eigenvalue weighted by Gasteiger charge is -2.40. The number of aromatic nitrogens is 2. The highest BCUT2D eigenvalue weighted by atomic mass is 16.5. The van der Waals surface area contributed by atoms with E-state index in [0.717, 1.165) is 39.7 Å². The van der Waals surface area contributed by atoms with E-state index < -0.39 is 12.0 Å². The maximum Gasteiger partial charge on any atom is 0.329 e. The van der Waals surface area contributed by atoms with Crippen LogP contribution in [-0.2, 0) is 28.9 Å². The van der Waals surface area contributed by atoms with Crippen LogP contribution in [0, 0.1) is 0 Å². The average molecular weight is 533 g/mol. The lowest BCUT2D eigenvalue weighted by Crippen LogP contribution is -2.55. The summed E-state index contributed by atoms with van der Waals surface area (Å²) in [5.74, 6) is -0.456. The zero-order chi connectivity index (χ0) is 27.5. The zero-order valence-electron chi connectivity index (χ0n) is 22.7. The number of carbonyl (C=O) groups excluding carboxylic acids is 3. The van der Waals surface area contributed by atoms with E-state index in [1.807, 2.05) is 35.2 Å². The molecule has 1 unspecified atom stereocenters. The monoisotopic (exact) mass is 532 g/mol. The van der Waals surface area contributed by atoms with E-state index in [-0.39, 0.29) is 24.2 Å². The van der Waals surface area contributed by atoms with E-state index in [4.69, 9.17) is 4.74 Å². The van der Waals surface area contributed by atoms with Crippen molar-refractivity contribution in [2.75, 3.05) is 18.4 Å². The number of likely N-dealkylation sites (tertiary alicyclic amines) is 1. The molecule has 0 radical (unpaired) electrons. The number of esters is 1. The van der Waals surface area contributed by atoms with E-state index in [0.29, 0.717) is 38.9 Å². The molecule has 2 aromatic carbocycles. The first-order chi connectivity index (χ1) is 18.8. The molecule has 0 bridgehead atoms. The predicted octanol–water partition coefficient (Wildman–Crippen LogP) is 4.21. The van der Waals surface area contributed by atoms with Crippen LogP contribution in [-0.4, -0.2) is 69.3 Å². The standard InChI is InChI=1S/C29H36N6O4/c1-4-20-13-19(14-22-16-30-33-26(20)22)15-25(27(36)39-18(2)3)32-28(37)34-11-9-23(10-12-34)35-17-21-7-5-6-8-24(21)31-29(35)38/h5-8,13-14,16,18,23,25H,4,9-12,15,17H2,1-3H3,(H,30,33)(H,31,38)(H,32,37). The first-order valence-electron chi connectivity index (χ1n) is 13.7. The Morgan fingerprint density at radius 2 is 1.95 bits per heavy atom. The summed E-state index contributed by atoms with van der Waals surface area (Å²) >= 11 is 0. The van der Waals surface area contributed by atoms with Crippen molar-refractivity contribution < 1.29 is 19.1 Å². The number of carbonyl (C=O) groups is 3. The molecule has 1 atom stereocenters. The second kappa shape index (κ2) is 11.3. The zero-order valence-corrected chi connectivity index (χ0v) is 22.7. The van der Waals surface area contributed by atoms with Crippen molar-refractivity contribution >= 4 is 34.6 Å². The molecule has 1 aromatic heterocycles. The second-order valence-corrected chi connectivity index (χ2v) is 10.6. The van der Waals surface area contributed by atoms with Crippen molar-refractivity contribution in [2.45, 2.75) is 71.2 Å². The maximum atomic E-state index is 13.3. The number of urea groups is 2. The van der Waals surface area contributed by atoms with Crippen LogP contribution in [0.3, 0.4) is 0 Å². The van der Waals surface area contributed by atoms with E-state index in [1.165, 1.54) is 0 Å². The van der Waals surface area contributed by atoms with Crippen LogP contribution in [0.15, 0.2) is 42.6 Å². The number of para-hydroxylation sites is 1. The smallest absolute Gasteiger partial charge is 0.329 e. The third-order valence-corrected chi connectivity index (χ3v) is 7.50. The van der Waals surface area contributed by atoms with E-state index >= 15 is 0 Å². The van der Waals surface area contributed by atoms with Gasteiger partial charge in [0, 0.05) is 43.2 Å². The molecule has 1 saturated heterocycles. The third kappa shape index (κ3) is 5.84. The maximum absolute atomic E-state index is 13.3. The van der Waals surface area contributed by atoms with Gasteiger partial charge >= 0.3 is 18.0 Å². The van der Waals surface area contributed by atoms with E-state index in [2.05, 4.69) is 33.8 Å². The van der Waals surface area contributed by atoms with Crippen molar-refractivity contribution in [1.29, 1.82) is 0 Å². The third-order valence-electron chi connectivity index (χ3n) is 7.50. The Balaban J connectivity index is 1.24. The first-order valence-corrected chi connectivity index (χ1v) is 13.7. The number of fused-ring (bicyclic) bond motifs is 2. The van der Waals surface area contributed by atoms with Crippen molar-refractivity contribution in [2.24, 2.45) is 0 Å². The van der Waals surface area contributed by atoms with Gasteiger partial charge in [0.05, 0.1) is 17.8 Å². The molecule has 206 valence electrons. The van der Waals surface area contributed by atoms with Gasteiger partial charge in [-0.1, -0.05) is 31.2 Å². The Labute approximate surface area is 228 Å². The van der Waals surface area contributed by atoms with Crippen LogP contribution in [0.1, 0.15) is 50.3 Å². The van der Waals surface area contributed by atoms with E-state index in [9.17, 15) is 14.4 Å². The Kier molecular flexibility index (Phi) is 7.72. The Morgan fingerprint density at radius 3 is 2.69 bits per heavy atom. The van der Waals surface area contributed by atoms with Crippen molar-refractivity contribution in [1.82, 2.24) is 25.3 Å². The van der Waals surface area contributed by atoms with Crippen LogP contribution in [0.25, 0.3) is 10.9 Å². The van der Waals surface area contributed by atoms with Gasteiger partial charge in [0.15, 0.2) is 0 Å². The Morgan fingerprint density at radius 1 is 1.18 bits per heavy atom. The molecular formula is C29H36N6O4. The molecule has 3 aromatic rings. The van der Waals surface area contributed by atoms with Gasteiger partial charge in [-0.3, -0.25) is 5.10 Å². The number of amides is 4. The summed E-state index contributed by atoms with van der Waals surface area (Å²) in [5.41, 5.74) is 4.97. The molecule has 10 heteroatoms. The first kappa shape index (κ1) is 26.5. The van der Waals surface area contributed by atoms with Gasteiger partial charge in [-0.15, -0.1) is 0 Å². The molecule has 39 heavy (non-hydrogen) atoms. The molecule has 10 nitrogen and oxygen atoms in total. The molecule has 0 saturated carbocycles. The lowest BCUT2D eigenvalue weighted by molar-refractivity contribution is -0.149. The summed E-state index contributed by atoms with van der Waals surface area (Å²) in [5, 5.41) is 14.1. The Bertz CT molecular complexity index is 1360. The highest BCUT2D eigenvalue weighted by Crippen LogP contribution is 2.28. The highest BCUT2D eigenvalue weighted by molar-refractivity contribution is 5.92. The molecule has 5 rings (SSSR count). The second-order valence-electron chi connectivity index (χ2n) is 10.6. The molecule has 4 amide bonds. The number of nitrogens with one attached hydrogen (secondary N) is 3. The Hall–Kier alpha value is -4.08. The fourth-order valence-corrected chi connectivity index (χ4v) is 5.48. The fraction of sp³-hybridized carbons (Fsp3) is 0.448. The number of aromatic amines is 1. The molecule has 3 heterocycles. The summed E-state index contributed by atoms with van der Waals surface area (Å²) in [6.07, 6.45) is 3.94. The number of anilines is 1. The topological polar surface area (TPSA) is 120 Å². The van der Waals surface area contributed by atoms with E-state index in [1.54, 1.807) is 24.9 Å². The molecular weight excluding hydrogens is 496 g/mol. The van der Waals surface area contributed by atoms with Crippen molar-refractivity contribution in [3.63, 3.8) is 0 Å². The van der Waals surface area contributed by atoms with Gasteiger partial charge < -0.3 is 25.2 Å². The normalized spacial score (nSPS) is 16.7. The summed E-state index contributed by atoms with van der Waals surface area (Å²) in [6, 6.07) is 10.7. The summed E-state index contributed by atoms with van der Waals surface area (Å²) in [6.45, 7) is 7.21. The number of H-pyrrole nitrogens is 1. The lowest BCUT2D eigenvalue weighted by atomic mass is 9.99. The molecule has 0 aliphatic carbocycles. The largest absolute Gasteiger partial charge is 0.461 e. The number of hydrogen-bond donors (Lipinski definition) is 3. The van der Waals surface area contributed by atoms with Gasteiger partial charge in [-0.2, -0.15) is 5.10 Å². The fourth-order valence-electron chi connectivity index (χ4n) is 5.48. The van der Waals surface area contributed by atoms with Gasteiger partial charge in [-0.05, 0) is 61.9 Å². The highest BCUT2D eigenvalue weighted by Gasteiger charge is 2.34. The quantitative estimate of drug-likeness (QED) is 0.394. The number of benzene rings is 2. The van der Waals surface area contributed by atoms with Gasteiger partial charge in [0.2, 0.25) is 0 Å². The van der Waals surface area contributed by atoms with Gasteiger partial charge in [0.1, 0.15) is 6.04 Å². The molecule has 3 N–H and O–H groups in total. The van der Waals surface area contributed by atoms with Gasteiger partial charge in [-0.25, -0.2) is 14.4 Å². The SMILES string of the molecule is CCc1cc(CC(NC(=O)N2CCC(N3Cc4ccccc4NC3=O)CC2)C(=O)OC(C)C)cc2cn[nH]c12. The molecule has 0 spiro atoms. The predicted molar refractivity (Wildman–Crippen MR) is 148 cm³/mol. The van der Waals surface area contributed by atoms with Crippen molar-refractivity contribution in [3.05, 3.63) is 59.3 Å². The minimum Gasteiger partial charge on any atom is -0.461 e. The summed E-state index contributed by atoms with van der Waals surface area (Å²) < 4.78 is 5.50. The molecule has 2 aliphatic rings. The summed E-state index contributed by atoms with van der Waals surface area (Å²) in [7, 11) is 0. The van der Waals surface area contributed by atoms with Crippen LogP contribution in [0.5, 0.6) is 0 Å². The number of ether oxygens (including phenoxy) is 1. The van der Waals surface area contributed by atoms with Crippen LogP contribution >= 0.6 is 0 Å². The number of nitrogens with zero attached hydrogens (tertiary/aromatic N) is 3. The number of piperidine rings is 1. The number of rotatable bonds is 7. The average Bonchev–Trinajstić information content (AvgIpc) is 3.40. The minimum absolute atomic E-state index is 0.0401. The van der Waals surface area contributed by atoms with Gasteiger partial charge in [0.25, 0.3) is 0 Å². The molecule has 1 fully saturated rings.